The van der Waals surface area contributed by atoms with Crippen LogP contribution >= 0.6 is 11.8 Å². The number of rotatable bonds is 5. The molecule has 0 N–H and O–H groups in total. The number of carbonyl (C=O) groups is 3. The number of carbonyl (C=O) groups excluding carboxylic acids is 3. The third-order valence-electron chi connectivity index (χ3n) is 6.21. The van der Waals surface area contributed by atoms with E-state index in [0.29, 0.717) is 48.3 Å². The highest BCUT2D eigenvalue weighted by molar-refractivity contribution is 8.16. The maximum Gasteiger partial charge on any atom is 0.338 e. The van der Waals surface area contributed by atoms with Gasteiger partial charge in [-0.2, -0.15) is 0 Å². The number of allylic oxidation sites excluding steroid dienone is 1. The minimum atomic E-state index is -0.738. The van der Waals surface area contributed by atoms with Crippen molar-refractivity contribution in [2.24, 2.45) is 4.99 Å². The van der Waals surface area contributed by atoms with Crippen molar-refractivity contribution in [1.82, 2.24) is 14.7 Å². The van der Waals surface area contributed by atoms with E-state index in [1.54, 1.807) is 33.8 Å². The summed E-state index contributed by atoms with van der Waals surface area (Å²) in [6.45, 7) is 5.06. The van der Waals surface area contributed by atoms with E-state index >= 15 is 0 Å². The number of amidine groups is 1. The van der Waals surface area contributed by atoms with E-state index < -0.39 is 16.9 Å². The molecule has 0 spiro atoms. The van der Waals surface area contributed by atoms with Gasteiger partial charge in [-0.3, -0.25) is 19.7 Å². The lowest BCUT2D eigenvalue weighted by molar-refractivity contribution is -0.384. The molecule has 1 aromatic rings. The summed E-state index contributed by atoms with van der Waals surface area (Å²) in [7, 11) is 1.27. The Labute approximate surface area is 206 Å². The fraction of sp³-hybridized carbons (Fsp3) is 0.391. The van der Waals surface area contributed by atoms with Crippen molar-refractivity contribution >= 4 is 40.4 Å². The minimum absolute atomic E-state index is 0.0153. The quantitative estimate of drug-likeness (QED) is 0.344. The number of thioether (sulfide) groups is 1. The van der Waals surface area contributed by atoms with Crippen molar-refractivity contribution in [1.29, 1.82) is 0 Å². The van der Waals surface area contributed by atoms with Gasteiger partial charge in [-0.15, -0.1) is 0 Å². The molecule has 11 nitrogen and oxygen atoms in total. The number of hydrogen-bond donors (Lipinski definition) is 0. The van der Waals surface area contributed by atoms with Crippen molar-refractivity contribution in [3.05, 3.63) is 62.3 Å². The number of benzene rings is 1. The van der Waals surface area contributed by atoms with Crippen LogP contribution in [0.3, 0.4) is 0 Å². The van der Waals surface area contributed by atoms with Crippen LogP contribution in [0.4, 0.5) is 5.69 Å². The molecule has 184 valence electrons. The second-order valence-electron chi connectivity index (χ2n) is 8.30. The molecule has 0 saturated carbocycles. The monoisotopic (exact) mass is 499 g/mol. The Morgan fingerprint density at radius 2 is 1.89 bits per heavy atom. The first-order valence-electron chi connectivity index (χ1n) is 11.0. The summed E-state index contributed by atoms with van der Waals surface area (Å²) >= 11 is 1.33. The molecule has 1 atom stereocenters. The number of nitrogens with zero attached hydrogens (tertiary/aromatic N) is 5. The molecule has 3 aliphatic rings. The van der Waals surface area contributed by atoms with Crippen LogP contribution in [0.5, 0.6) is 0 Å². The summed E-state index contributed by atoms with van der Waals surface area (Å²) < 4.78 is 5.02. The number of piperazine rings is 1. The molecule has 4 rings (SSSR count). The van der Waals surface area contributed by atoms with Crippen LogP contribution in [0.1, 0.15) is 31.9 Å². The topological polar surface area (TPSA) is 126 Å². The number of nitro benzene ring substituents is 1. The largest absolute Gasteiger partial charge is 0.466 e. The number of aliphatic imine (C=N–C) groups is 1. The van der Waals surface area contributed by atoms with Crippen LogP contribution < -0.4 is 0 Å². The molecule has 1 aromatic carbocycles. The van der Waals surface area contributed by atoms with Gasteiger partial charge in [0, 0.05) is 50.9 Å². The van der Waals surface area contributed by atoms with E-state index in [9.17, 15) is 24.5 Å². The molecular weight excluding hydrogens is 474 g/mol. The summed E-state index contributed by atoms with van der Waals surface area (Å²) in [6.07, 6.45) is 0.0605. The van der Waals surface area contributed by atoms with Gasteiger partial charge in [-0.05, 0) is 17.9 Å². The number of nitro groups is 1. The van der Waals surface area contributed by atoms with Crippen LogP contribution in [0.2, 0.25) is 0 Å². The fourth-order valence-electron chi connectivity index (χ4n) is 4.40. The standard InChI is InChI=1S/C23H25N5O6S/c1-14-20(22(31)34-3)21(16-5-4-6-17(11-16)28(32)33)27-18(13-35-23(27)24-14)12-19(30)26-9-7-25(8-10-26)15(2)29/h4-6,11,13,21H,7-10,12H2,1-3H3/t21-/m1/s1. The number of fused-ring (bicyclic) bond motifs is 1. The van der Waals surface area contributed by atoms with Crippen LogP contribution in [0.15, 0.2) is 51.6 Å². The molecule has 1 fully saturated rings. The summed E-state index contributed by atoms with van der Waals surface area (Å²) in [5.74, 6) is -0.715. The number of ether oxygens (including phenoxy) is 1. The van der Waals surface area contributed by atoms with E-state index in [1.165, 1.54) is 37.9 Å². The molecule has 0 bridgehead atoms. The molecule has 35 heavy (non-hydrogen) atoms. The predicted octanol–water partition coefficient (Wildman–Crippen LogP) is 2.42. The summed E-state index contributed by atoms with van der Waals surface area (Å²) in [5, 5.41) is 13.8. The number of methoxy groups -OCH3 is 1. The normalized spacial score (nSPS) is 19.7. The molecule has 12 heteroatoms. The van der Waals surface area contributed by atoms with Crippen molar-refractivity contribution in [3.63, 3.8) is 0 Å². The average molecular weight is 500 g/mol. The van der Waals surface area contributed by atoms with E-state index in [2.05, 4.69) is 4.99 Å². The Bertz CT molecular complexity index is 1180. The number of hydrogen-bond acceptors (Lipinski definition) is 9. The SMILES string of the molecule is COC(=O)C1=C(C)N=C2SC=C(CC(=O)N3CCN(C(C)=O)CC3)N2[C@@H]1c1cccc([N+](=O)[O-])c1. The van der Waals surface area contributed by atoms with E-state index in [1.807, 2.05) is 5.41 Å². The number of non-ortho nitro benzene ring substituents is 1. The molecule has 3 heterocycles. The van der Waals surface area contributed by atoms with Crippen LogP contribution in [-0.4, -0.2) is 75.9 Å². The second kappa shape index (κ2) is 9.90. The Kier molecular flexibility index (Phi) is 6.92. The van der Waals surface area contributed by atoms with Crippen LogP contribution in [0, 0.1) is 10.1 Å². The predicted molar refractivity (Wildman–Crippen MR) is 129 cm³/mol. The van der Waals surface area contributed by atoms with Gasteiger partial charge in [0.2, 0.25) is 11.8 Å². The molecule has 0 aliphatic carbocycles. The maximum absolute atomic E-state index is 13.1. The smallest absolute Gasteiger partial charge is 0.338 e. The lowest BCUT2D eigenvalue weighted by Gasteiger charge is -2.37. The fourth-order valence-corrected chi connectivity index (χ4v) is 5.37. The summed E-state index contributed by atoms with van der Waals surface area (Å²) in [5.41, 5.74) is 1.76. The zero-order valence-corrected chi connectivity index (χ0v) is 20.4. The van der Waals surface area contributed by atoms with E-state index in [4.69, 9.17) is 4.74 Å². The van der Waals surface area contributed by atoms with Crippen molar-refractivity contribution in [3.8, 4) is 0 Å². The third kappa shape index (κ3) is 4.78. The van der Waals surface area contributed by atoms with Gasteiger partial charge in [-0.1, -0.05) is 23.9 Å². The van der Waals surface area contributed by atoms with E-state index in [0.717, 1.165) is 0 Å². The van der Waals surface area contributed by atoms with Gasteiger partial charge in [0.1, 0.15) is 0 Å². The highest BCUT2D eigenvalue weighted by Crippen LogP contribution is 2.45. The first kappa shape index (κ1) is 24.5. The second-order valence-corrected chi connectivity index (χ2v) is 9.14. The highest BCUT2D eigenvalue weighted by Gasteiger charge is 2.41. The van der Waals surface area contributed by atoms with Gasteiger partial charge in [-0.25, -0.2) is 9.79 Å². The molecular formula is C23H25N5O6S. The van der Waals surface area contributed by atoms with Gasteiger partial charge >= 0.3 is 5.97 Å². The molecule has 0 aromatic heterocycles. The third-order valence-corrected chi connectivity index (χ3v) is 7.10. The van der Waals surface area contributed by atoms with Crippen molar-refractivity contribution in [2.75, 3.05) is 33.3 Å². The first-order valence-corrected chi connectivity index (χ1v) is 11.9. The first-order chi connectivity index (χ1) is 16.7. The van der Waals surface area contributed by atoms with Crippen molar-refractivity contribution in [2.45, 2.75) is 26.3 Å². The van der Waals surface area contributed by atoms with E-state index in [-0.39, 0.29) is 29.5 Å². The van der Waals surface area contributed by atoms with Crippen LogP contribution in [0.25, 0.3) is 0 Å². The summed E-state index contributed by atoms with van der Waals surface area (Å²) in [6, 6.07) is 5.34. The Hall–Kier alpha value is -3.67. The maximum atomic E-state index is 13.1. The molecule has 0 radical (unpaired) electrons. The number of amides is 2. The molecule has 1 saturated heterocycles. The number of esters is 1. The minimum Gasteiger partial charge on any atom is -0.466 e. The zero-order valence-electron chi connectivity index (χ0n) is 19.6. The Morgan fingerprint density at radius 1 is 1.20 bits per heavy atom. The van der Waals surface area contributed by atoms with Crippen LogP contribution in [-0.2, 0) is 19.1 Å². The Morgan fingerprint density at radius 3 is 2.51 bits per heavy atom. The van der Waals surface area contributed by atoms with Gasteiger partial charge in [0.15, 0.2) is 5.17 Å². The lowest BCUT2D eigenvalue weighted by Crippen LogP contribution is -2.50. The molecule has 0 unspecified atom stereocenters. The highest BCUT2D eigenvalue weighted by atomic mass is 32.2. The van der Waals surface area contributed by atoms with Gasteiger partial charge in [0.25, 0.3) is 5.69 Å². The van der Waals surface area contributed by atoms with Gasteiger partial charge in [0.05, 0.1) is 35.8 Å². The van der Waals surface area contributed by atoms with Gasteiger partial charge < -0.3 is 19.4 Å². The van der Waals surface area contributed by atoms with Crippen molar-refractivity contribution < 1.29 is 24.0 Å². The average Bonchev–Trinajstić information content (AvgIpc) is 3.24. The zero-order chi connectivity index (χ0) is 25.3. The summed E-state index contributed by atoms with van der Waals surface area (Å²) in [4.78, 5) is 58.2. The lowest BCUT2D eigenvalue weighted by atomic mass is 9.93. The Balaban J connectivity index is 1.64. The molecule has 3 aliphatic heterocycles. The molecule has 2 amide bonds.